The van der Waals surface area contributed by atoms with Crippen molar-refractivity contribution < 1.29 is 36.3 Å². The molecule has 234 valence electrons. The van der Waals surface area contributed by atoms with Gasteiger partial charge in [0.05, 0.1) is 32.2 Å². The Kier molecular flexibility index (Phi) is 9.69. The van der Waals surface area contributed by atoms with Crippen LogP contribution in [0.25, 0.3) is 0 Å². The van der Waals surface area contributed by atoms with Crippen LogP contribution in [0.1, 0.15) is 41.6 Å². The molecule has 3 amide bonds. The molecular weight excluding hydrogens is 699 g/mol. The Morgan fingerprint density at radius 1 is 0.841 bits per heavy atom. The van der Waals surface area contributed by atoms with Gasteiger partial charge in [0.25, 0.3) is 5.91 Å². The second kappa shape index (κ2) is 12.5. The average Bonchev–Trinajstić information content (AvgIpc) is 3.73. The van der Waals surface area contributed by atoms with E-state index in [1.165, 1.54) is 37.3 Å². The molecule has 1 aliphatic rings. The number of halogens is 10. The first kappa shape index (κ1) is 34.1. The van der Waals surface area contributed by atoms with E-state index in [1.54, 1.807) is 5.32 Å². The summed E-state index contributed by atoms with van der Waals surface area (Å²) in [7, 11) is 0. The molecule has 1 aliphatic carbocycles. The van der Waals surface area contributed by atoms with E-state index in [4.69, 9.17) is 58.0 Å². The monoisotopic (exact) mass is 715 g/mol. The third-order valence-corrected chi connectivity index (χ3v) is 8.33. The van der Waals surface area contributed by atoms with E-state index >= 15 is 4.39 Å². The van der Waals surface area contributed by atoms with Crippen molar-refractivity contribution in [2.45, 2.75) is 36.2 Å². The zero-order valence-electron chi connectivity index (χ0n) is 22.1. The molecule has 3 N–H and O–H groups in total. The van der Waals surface area contributed by atoms with Gasteiger partial charge in [-0.1, -0.05) is 40.9 Å². The minimum atomic E-state index is -4.92. The molecule has 0 radical (unpaired) electrons. The highest BCUT2D eigenvalue weighted by Crippen LogP contribution is 2.58. The van der Waals surface area contributed by atoms with Crippen molar-refractivity contribution in [2.24, 2.45) is 5.41 Å². The van der Waals surface area contributed by atoms with Gasteiger partial charge in [-0.3, -0.25) is 14.4 Å². The van der Waals surface area contributed by atoms with E-state index in [0.29, 0.717) is 11.6 Å². The lowest BCUT2D eigenvalue weighted by Gasteiger charge is -2.26. The molecule has 16 heteroatoms. The average molecular weight is 718 g/mol. The second-order valence-electron chi connectivity index (χ2n) is 10.0. The van der Waals surface area contributed by atoms with Crippen LogP contribution in [0, 0.1) is 17.0 Å². The van der Waals surface area contributed by atoms with E-state index in [-0.39, 0.29) is 26.3 Å². The molecule has 3 aromatic rings. The molecule has 0 saturated heterocycles. The number of hydrogen-bond donors (Lipinski definition) is 3. The molecule has 3 aromatic carbocycles. The van der Waals surface area contributed by atoms with Crippen LogP contribution in [0.3, 0.4) is 0 Å². The molecular formula is C28H19Cl5F5N3O3. The molecule has 0 spiro atoms. The lowest BCUT2D eigenvalue weighted by Crippen LogP contribution is -2.37. The molecule has 0 aromatic heterocycles. The number of anilines is 3. The largest absolute Gasteiger partial charge is 0.403 e. The molecule has 44 heavy (non-hydrogen) atoms. The molecule has 0 unspecified atom stereocenters. The number of alkyl halides is 5. The zero-order valence-corrected chi connectivity index (χ0v) is 25.9. The fraction of sp³-hybridized carbons (Fsp3) is 0.250. The second-order valence-corrected chi connectivity index (χ2v) is 13.0. The predicted octanol–water partition coefficient (Wildman–Crippen LogP) is 9.37. The lowest BCUT2D eigenvalue weighted by atomic mass is 9.94. The zero-order chi connectivity index (χ0) is 32.8. The van der Waals surface area contributed by atoms with Gasteiger partial charge < -0.3 is 16.0 Å². The Balaban J connectivity index is 1.56. The minimum Gasteiger partial charge on any atom is -0.325 e. The van der Waals surface area contributed by atoms with Gasteiger partial charge in [0.1, 0.15) is 21.3 Å². The molecule has 0 bridgehead atoms. The van der Waals surface area contributed by atoms with Crippen molar-refractivity contribution >= 4 is 92.8 Å². The van der Waals surface area contributed by atoms with Crippen LogP contribution in [0.15, 0.2) is 48.5 Å². The van der Waals surface area contributed by atoms with Gasteiger partial charge in [-0.25, -0.2) is 8.78 Å². The van der Waals surface area contributed by atoms with Crippen LogP contribution in [-0.4, -0.2) is 28.2 Å². The van der Waals surface area contributed by atoms with Crippen molar-refractivity contribution in [3.63, 3.8) is 0 Å². The molecule has 4 rings (SSSR count). The van der Waals surface area contributed by atoms with Gasteiger partial charge in [-0.2, -0.15) is 13.2 Å². The molecule has 1 saturated carbocycles. The topological polar surface area (TPSA) is 87.3 Å². The van der Waals surface area contributed by atoms with Gasteiger partial charge in [0, 0.05) is 5.69 Å². The Morgan fingerprint density at radius 2 is 1.48 bits per heavy atom. The summed E-state index contributed by atoms with van der Waals surface area (Å²) in [5, 5.41) is 6.59. The fourth-order valence-electron chi connectivity index (χ4n) is 4.31. The van der Waals surface area contributed by atoms with E-state index in [1.807, 2.05) is 0 Å². The van der Waals surface area contributed by atoms with E-state index < -0.39 is 75.4 Å². The number of rotatable bonds is 8. The van der Waals surface area contributed by atoms with Crippen molar-refractivity contribution in [3.8, 4) is 0 Å². The first-order valence-corrected chi connectivity index (χ1v) is 14.4. The smallest absolute Gasteiger partial charge is 0.325 e. The van der Waals surface area contributed by atoms with Crippen molar-refractivity contribution in [3.05, 3.63) is 86.4 Å². The van der Waals surface area contributed by atoms with Gasteiger partial charge in [-0.05, 0) is 67.8 Å². The molecule has 0 aliphatic heterocycles. The Hall–Kier alpha value is -2.83. The summed E-state index contributed by atoms with van der Waals surface area (Å²) in [5.74, 6) is -7.44. The molecule has 6 nitrogen and oxygen atoms in total. The summed E-state index contributed by atoms with van der Waals surface area (Å²) in [6, 6.07) is 9.57. The van der Waals surface area contributed by atoms with E-state index in [2.05, 4.69) is 10.6 Å². The van der Waals surface area contributed by atoms with E-state index in [9.17, 15) is 31.9 Å². The Labute approximate surface area is 272 Å². The van der Waals surface area contributed by atoms with Crippen molar-refractivity contribution in [1.29, 1.82) is 0 Å². The van der Waals surface area contributed by atoms with Crippen LogP contribution in [-0.2, 0) is 9.59 Å². The summed E-state index contributed by atoms with van der Waals surface area (Å²) >= 11 is 30.8. The third kappa shape index (κ3) is 7.02. The van der Waals surface area contributed by atoms with Crippen molar-refractivity contribution in [2.75, 3.05) is 16.0 Å². The van der Waals surface area contributed by atoms with Crippen molar-refractivity contribution in [1.82, 2.24) is 0 Å². The van der Waals surface area contributed by atoms with E-state index in [0.717, 1.165) is 12.1 Å². The third-order valence-electron chi connectivity index (χ3n) is 6.83. The first-order valence-electron chi connectivity index (χ1n) is 12.5. The van der Waals surface area contributed by atoms with Crippen LogP contribution >= 0.6 is 58.0 Å². The van der Waals surface area contributed by atoms with Gasteiger partial charge in [0.15, 0.2) is 5.82 Å². The maximum absolute atomic E-state index is 15.2. The highest BCUT2D eigenvalue weighted by atomic mass is 35.5. The highest BCUT2D eigenvalue weighted by molar-refractivity contribution is 6.50. The summed E-state index contributed by atoms with van der Waals surface area (Å²) in [6.45, 7) is 1.38. The SMILES string of the molecule is CC(Cl)(Cl)[C@H](C(=O)Nc1ccc(Cl)c(C(=O)Nc2ccc(F)c(NC(=O)C3(C(F)(F)F)CC3)c2F)c1)c1ccc(Cl)c(Cl)c1. The standard InChI is InChI=1S/C28H19Cl5F5N3O3/c1-26(32,33)20(12-2-4-16(30)17(31)10-12)24(43)39-13-3-5-15(29)14(11-13)23(42)40-19-7-6-18(34)22(21(19)35)41-25(44)27(8-9-27)28(36,37)38/h2-7,10-11,20H,8-9H2,1H3,(H,39,43)(H,40,42)(H,41,44)/t20-/m0/s1. The highest BCUT2D eigenvalue weighted by Gasteiger charge is 2.68. The first-order chi connectivity index (χ1) is 20.4. The maximum atomic E-state index is 15.2. The number of carbonyl (C=O) groups excluding carboxylic acids is 3. The molecule has 1 atom stereocenters. The minimum absolute atomic E-state index is 0.0432. The molecule has 1 fully saturated rings. The number of nitrogens with one attached hydrogen (secondary N) is 3. The Morgan fingerprint density at radius 3 is 2.05 bits per heavy atom. The van der Waals surface area contributed by atoms with Crippen LogP contribution in [0.4, 0.5) is 39.0 Å². The predicted molar refractivity (Wildman–Crippen MR) is 160 cm³/mol. The fourth-order valence-corrected chi connectivity index (χ4v) is 5.27. The number of amides is 3. The maximum Gasteiger partial charge on any atom is 0.403 e. The summed E-state index contributed by atoms with van der Waals surface area (Å²) in [6.07, 6.45) is -5.98. The number of hydrogen-bond acceptors (Lipinski definition) is 3. The quantitative estimate of drug-likeness (QED) is 0.160. The molecule has 0 heterocycles. The summed E-state index contributed by atoms with van der Waals surface area (Å²) in [5.41, 5.74) is -4.50. The van der Waals surface area contributed by atoms with Crippen LogP contribution in [0.2, 0.25) is 15.1 Å². The number of benzene rings is 3. The lowest BCUT2D eigenvalue weighted by molar-refractivity contribution is -0.189. The number of carbonyl (C=O) groups is 3. The van der Waals surface area contributed by atoms with Gasteiger partial charge in [-0.15, -0.1) is 23.2 Å². The normalized spacial score (nSPS) is 14.9. The summed E-state index contributed by atoms with van der Waals surface area (Å²) in [4.78, 5) is 38.6. The van der Waals surface area contributed by atoms with Crippen LogP contribution in [0.5, 0.6) is 0 Å². The Bertz CT molecular complexity index is 1660. The van der Waals surface area contributed by atoms with Gasteiger partial charge >= 0.3 is 6.18 Å². The van der Waals surface area contributed by atoms with Gasteiger partial charge in [0.2, 0.25) is 11.8 Å². The summed E-state index contributed by atoms with van der Waals surface area (Å²) < 4.78 is 67.8. The van der Waals surface area contributed by atoms with Crippen LogP contribution < -0.4 is 16.0 Å².